The van der Waals surface area contributed by atoms with E-state index in [4.69, 9.17) is 18.9 Å². The molecule has 9 nitrogen and oxygen atoms in total. The van der Waals surface area contributed by atoms with Crippen molar-refractivity contribution in [2.75, 3.05) is 34.0 Å². The third-order valence-corrected chi connectivity index (χ3v) is 5.80. The number of amidine groups is 1. The normalized spacial score (nSPS) is 15.4. The lowest BCUT2D eigenvalue weighted by Gasteiger charge is -2.11. The zero-order valence-electron chi connectivity index (χ0n) is 19.9. The smallest absolute Gasteiger partial charge is 0.344 e. The summed E-state index contributed by atoms with van der Waals surface area (Å²) in [4.78, 5) is 42.6. The summed E-state index contributed by atoms with van der Waals surface area (Å²) in [6, 6.07) is 11.8. The molecule has 2 aromatic rings. The highest BCUT2D eigenvalue weighted by molar-refractivity contribution is 8.18. The van der Waals surface area contributed by atoms with Crippen molar-refractivity contribution in [3.8, 4) is 11.5 Å². The predicted octanol–water partition coefficient (Wildman–Crippen LogP) is 4.05. The number of benzene rings is 2. The van der Waals surface area contributed by atoms with E-state index in [2.05, 4.69) is 4.99 Å². The van der Waals surface area contributed by atoms with E-state index in [1.165, 1.54) is 23.8 Å². The van der Waals surface area contributed by atoms with Crippen molar-refractivity contribution in [2.45, 2.75) is 13.8 Å². The van der Waals surface area contributed by atoms with Crippen LogP contribution in [-0.2, 0) is 19.1 Å². The van der Waals surface area contributed by atoms with Gasteiger partial charge in [-0.3, -0.25) is 9.69 Å². The molecular formula is C25H26N2O7S. The number of thioether (sulfide) groups is 1. The molecule has 0 saturated carbocycles. The Balaban J connectivity index is 1.75. The molecule has 1 heterocycles. The molecule has 0 unspecified atom stereocenters. The number of rotatable bonds is 9. The zero-order chi connectivity index (χ0) is 25.4. The van der Waals surface area contributed by atoms with Crippen molar-refractivity contribution in [1.29, 1.82) is 0 Å². The number of carbonyl (C=O) groups excluding carboxylic acids is 3. The Morgan fingerprint density at radius 2 is 1.74 bits per heavy atom. The standard InChI is InChI=1S/C25H26N2O7S/c1-5-32-22(28)15-34-19-12-7-16(13-20(19)31-4)14-21-23(29)27(3)25(35-21)26-18-10-8-17(9-11-18)24(30)33-6-2/h7-14H,5-6,15H2,1-4H3/b21-14-,26-25?. The van der Waals surface area contributed by atoms with Gasteiger partial charge in [-0.05, 0) is 73.6 Å². The number of amides is 1. The maximum atomic E-state index is 12.8. The summed E-state index contributed by atoms with van der Waals surface area (Å²) >= 11 is 1.24. The highest BCUT2D eigenvalue weighted by atomic mass is 32.2. The van der Waals surface area contributed by atoms with Crippen LogP contribution in [0.1, 0.15) is 29.8 Å². The Bertz CT molecular complexity index is 1160. The molecule has 0 atom stereocenters. The first kappa shape index (κ1) is 25.8. The minimum absolute atomic E-state index is 0.196. The van der Waals surface area contributed by atoms with E-state index in [1.807, 2.05) is 0 Å². The van der Waals surface area contributed by atoms with Crippen molar-refractivity contribution in [1.82, 2.24) is 4.90 Å². The summed E-state index contributed by atoms with van der Waals surface area (Å²) in [7, 11) is 3.14. The fourth-order valence-electron chi connectivity index (χ4n) is 3.03. The second-order valence-corrected chi connectivity index (χ2v) is 8.15. The summed E-state index contributed by atoms with van der Waals surface area (Å²) in [5.74, 6) is -0.258. The van der Waals surface area contributed by atoms with Gasteiger partial charge in [0.1, 0.15) is 0 Å². The van der Waals surface area contributed by atoms with Gasteiger partial charge in [-0.15, -0.1) is 0 Å². The van der Waals surface area contributed by atoms with Crippen LogP contribution in [0.4, 0.5) is 5.69 Å². The van der Waals surface area contributed by atoms with Crippen LogP contribution in [0.2, 0.25) is 0 Å². The average Bonchev–Trinajstić information content (AvgIpc) is 3.11. The first-order valence-electron chi connectivity index (χ1n) is 10.9. The van der Waals surface area contributed by atoms with Gasteiger partial charge < -0.3 is 18.9 Å². The highest BCUT2D eigenvalue weighted by Crippen LogP contribution is 2.35. The van der Waals surface area contributed by atoms with E-state index >= 15 is 0 Å². The summed E-state index contributed by atoms with van der Waals surface area (Å²) in [6.07, 6.45) is 1.73. The van der Waals surface area contributed by atoms with Crippen molar-refractivity contribution >= 4 is 46.5 Å². The van der Waals surface area contributed by atoms with Crippen molar-refractivity contribution in [3.05, 3.63) is 58.5 Å². The van der Waals surface area contributed by atoms with E-state index < -0.39 is 11.9 Å². The lowest BCUT2D eigenvalue weighted by Crippen LogP contribution is -2.23. The number of likely N-dealkylation sites (N-methyl/N-ethyl adjacent to an activating group) is 1. The van der Waals surface area contributed by atoms with E-state index in [0.29, 0.717) is 39.4 Å². The van der Waals surface area contributed by atoms with Gasteiger partial charge in [0.05, 0.1) is 36.5 Å². The number of carbonyl (C=O) groups is 3. The summed E-state index contributed by atoms with van der Waals surface area (Å²) in [5, 5.41) is 0.506. The number of aliphatic imine (C=N–C) groups is 1. The topological polar surface area (TPSA) is 104 Å². The fraction of sp³-hybridized carbons (Fsp3) is 0.280. The molecule has 0 radical (unpaired) electrons. The third-order valence-electron chi connectivity index (χ3n) is 4.74. The van der Waals surface area contributed by atoms with Gasteiger partial charge >= 0.3 is 11.9 Å². The van der Waals surface area contributed by atoms with E-state index in [1.54, 1.807) is 69.4 Å². The molecule has 35 heavy (non-hydrogen) atoms. The number of hydrogen-bond acceptors (Lipinski definition) is 9. The Morgan fingerprint density at radius 3 is 2.40 bits per heavy atom. The summed E-state index contributed by atoms with van der Waals surface area (Å²) < 4.78 is 20.7. The molecule has 1 fully saturated rings. The average molecular weight is 499 g/mol. The van der Waals surface area contributed by atoms with Crippen LogP contribution in [-0.4, -0.2) is 61.9 Å². The first-order valence-corrected chi connectivity index (χ1v) is 11.7. The van der Waals surface area contributed by atoms with Crippen molar-refractivity contribution in [2.24, 2.45) is 4.99 Å². The molecule has 3 rings (SSSR count). The molecule has 1 aliphatic rings. The fourth-order valence-corrected chi connectivity index (χ4v) is 4.02. The zero-order valence-corrected chi connectivity index (χ0v) is 20.7. The molecule has 2 aromatic carbocycles. The van der Waals surface area contributed by atoms with Gasteiger partial charge in [-0.1, -0.05) is 6.07 Å². The molecule has 1 amide bonds. The molecule has 184 valence electrons. The Kier molecular flexibility index (Phi) is 8.91. The molecule has 10 heteroatoms. The molecule has 0 aromatic heterocycles. The quantitative estimate of drug-likeness (QED) is 0.377. The molecular weight excluding hydrogens is 472 g/mol. The molecule has 0 N–H and O–H groups in total. The minimum atomic E-state index is -0.473. The van der Waals surface area contributed by atoms with Gasteiger partial charge in [-0.2, -0.15) is 0 Å². The third kappa shape index (κ3) is 6.63. The maximum Gasteiger partial charge on any atom is 0.344 e. The Labute approximate surface area is 207 Å². The number of ether oxygens (including phenoxy) is 4. The van der Waals surface area contributed by atoms with Crippen LogP contribution in [0, 0.1) is 0 Å². The van der Waals surface area contributed by atoms with Crippen LogP contribution in [0.3, 0.4) is 0 Å². The van der Waals surface area contributed by atoms with Crippen LogP contribution >= 0.6 is 11.8 Å². The molecule has 1 saturated heterocycles. The molecule has 1 aliphatic heterocycles. The van der Waals surface area contributed by atoms with E-state index in [0.717, 1.165) is 5.56 Å². The van der Waals surface area contributed by atoms with Gasteiger partial charge in [-0.25, -0.2) is 14.6 Å². The van der Waals surface area contributed by atoms with Crippen LogP contribution in [0.5, 0.6) is 11.5 Å². The summed E-state index contributed by atoms with van der Waals surface area (Å²) in [5.41, 5.74) is 1.75. The largest absolute Gasteiger partial charge is 0.493 e. The second kappa shape index (κ2) is 12.1. The van der Waals surface area contributed by atoms with E-state index in [9.17, 15) is 14.4 Å². The first-order chi connectivity index (χ1) is 16.9. The number of hydrogen-bond donors (Lipinski definition) is 0. The van der Waals surface area contributed by atoms with Gasteiger partial charge in [0.15, 0.2) is 23.3 Å². The number of methoxy groups -OCH3 is 1. The molecule has 0 spiro atoms. The Morgan fingerprint density at radius 1 is 1.03 bits per heavy atom. The van der Waals surface area contributed by atoms with Gasteiger partial charge in [0.25, 0.3) is 5.91 Å². The number of nitrogens with zero attached hydrogens (tertiary/aromatic N) is 2. The Hall–Kier alpha value is -3.79. The predicted molar refractivity (Wildman–Crippen MR) is 133 cm³/mol. The monoisotopic (exact) mass is 498 g/mol. The van der Waals surface area contributed by atoms with Gasteiger partial charge in [0, 0.05) is 7.05 Å². The lowest BCUT2D eigenvalue weighted by molar-refractivity contribution is -0.145. The number of esters is 2. The minimum Gasteiger partial charge on any atom is -0.493 e. The second-order valence-electron chi connectivity index (χ2n) is 7.14. The van der Waals surface area contributed by atoms with Crippen LogP contribution in [0.15, 0.2) is 52.4 Å². The van der Waals surface area contributed by atoms with Crippen molar-refractivity contribution < 1.29 is 33.3 Å². The lowest BCUT2D eigenvalue weighted by atomic mass is 10.2. The summed E-state index contributed by atoms with van der Waals surface area (Å²) in [6.45, 7) is 3.81. The molecule has 0 bridgehead atoms. The van der Waals surface area contributed by atoms with Gasteiger partial charge in [0.2, 0.25) is 0 Å². The van der Waals surface area contributed by atoms with Crippen LogP contribution < -0.4 is 9.47 Å². The maximum absolute atomic E-state index is 12.8. The van der Waals surface area contributed by atoms with Crippen molar-refractivity contribution in [3.63, 3.8) is 0 Å². The van der Waals surface area contributed by atoms with E-state index in [-0.39, 0.29) is 19.1 Å². The molecule has 0 aliphatic carbocycles. The van der Waals surface area contributed by atoms with Crippen LogP contribution in [0.25, 0.3) is 6.08 Å². The highest BCUT2D eigenvalue weighted by Gasteiger charge is 2.30. The SMILES string of the molecule is CCOC(=O)COc1ccc(/C=C2\SC(=Nc3ccc(C(=O)OCC)cc3)N(C)C2=O)cc1OC.